The fourth-order valence-electron chi connectivity index (χ4n) is 4.64. The molecule has 0 radical (unpaired) electrons. The Morgan fingerprint density at radius 1 is 1.24 bits per heavy atom. The van der Waals surface area contributed by atoms with Crippen molar-refractivity contribution < 1.29 is 38.7 Å². The summed E-state index contributed by atoms with van der Waals surface area (Å²) in [5.74, 6) is -2.65. The van der Waals surface area contributed by atoms with Gasteiger partial charge in [0.2, 0.25) is 5.60 Å². The molecular formula is C28H34N10O8S3. The number of ether oxygens (including phenoxy) is 1. The summed E-state index contributed by atoms with van der Waals surface area (Å²) < 4.78 is 5.39. The van der Waals surface area contributed by atoms with Crippen LogP contribution in [-0.2, 0) is 28.8 Å². The van der Waals surface area contributed by atoms with Crippen LogP contribution in [-0.4, -0.2) is 100 Å². The number of oxime groups is 1. The topological polar surface area (TPSA) is 247 Å². The number of β-lactam (4-membered cyclic amide) rings is 1. The fraction of sp³-hybridized carbons (Fsp3) is 0.429. The Labute approximate surface area is 292 Å². The standard InChI is InChI=1S/C28H34N10O8S3/c1-12-7-16(38-15(31-12)8-36(35-38)26(30)44)47-9-13-10-48-22-18(21(40)37(22)19(13)23(41)42)33-20(39)17(14-11-49-25(29)32-14)34-46-28(5,6)24(43)45-27(2,3)4/h7-8,11,18,22,35H,9-10H2,1-6H3,(H2,29,32)(H2,30,44)(H,33,39)(H,41,42)/b34-17-/t18-,22-/m1/s1. The van der Waals surface area contributed by atoms with Crippen LogP contribution in [0.25, 0.3) is 0 Å². The highest BCUT2D eigenvalue weighted by Gasteiger charge is 2.54. The predicted octanol–water partition coefficient (Wildman–Crippen LogP) is 1.27. The van der Waals surface area contributed by atoms with Crippen molar-refractivity contribution in [2.24, 2.45) is 15.9 Å². The minimum absolute atomic E-state index is 0.0482. The molecule has 1 saturated heterocycles. The zero-order valence-electron chi connectivity index (χ0n) is 27.2. The number of esters is 1. The summed E-state index contributed by atoms with van der Waals surface area (Å²) in [4.78, 5) is 78.9. The average molecular weight is 735 g/mol. The van der Waals surface area contributed by atoms with Crippen molar-refractivity contribution >= 4 is 81.2 Å². The number of urea groups is 1. The first kappa shape index (κ1) is 35.7. The summed E-state index contributed by atoms with van der Waals surface area (Å²) in [5.41, 5.74) is 12.2. The molecule has 0 unspecified atom stereocenters. The molecular weight excluding hydrogens is 701 g/mol. The number of aromatic nitrogens is 1. The van der Waals surface area contributed by atoms with Gasteiger partial charge in [0.15, 0.2) is 16.7 Å². The number of nitrogen functional groups attached to an aromatic ring is 1. The molecule has 5 rings (SSSR count). The zero-order valence-corrected chi connectivity index (χ0v) is 29.6. The number of hydrogen-bond acceptors (Lipinski definition) is 16. The number of carboxylic acid groups (broad SMARTS) is 1. The number of primary amides is 1. The van der Waals surface area contributed by atoms with Crippen molar-refractivity contribution in [1.29, 1.82) is 0 Å². The number of thiazole rings is 1. The molecule has 262 valence electrons. The first-order chi connectivity index (χ1) is 22.9. The lowest BCUT2D eigenvalue weighted by atomic mass is 10.0. The number of aliphatic carboxylic acids is 1. The number of carbonyl (C=O) groups is 5. The van der Waals surface area contributed by atoms with E-state index in [1.54, 1.807) is 33.8 Å². The number of rotatable bonds is 10. The number of nitrogens with one attached hydrogen (secondary N) is 2. The van der Waals surface area contributed by atoms with Crippen LogP contribution >= 0.6 is 34.9 Å². The number of thioether (sulfide) groups is 2. The SMILES string of the molecule is CC1=NC2=CN(C(N)=O)NN2C(SCC2=C(C(=O)O)N3C(=O)[C@@H](NC(=O)/C(=N\OC(C)(C)C(=O)OC(C)(C)C)c4csc(N)n4)[C@H]3SC2)=C1. The lowest BCUT2D eigenvalue weighted by molar-refractivity contribution is -0.179. The van der Waals surface area contributed by atoms with Crippen molar-refractivity contribution in [3.63, 3.8) is 0 Å². The summed E-state index contributed by atoms with van der Waals surface area (Å²) in [7, 11) is 0. The van der Waals surface area contributed by atoms with E-state index >= 15 is 0 Å². The molecule has 4 amide bonds. The largest absolute Gasteiger partial charge is 0.477 e. The predicted molar refractivity (Wildman–Crippen MR) is 182 cm³/mol. The first-order valence-corrected chi connectivity index (χ1v) is 17.5. The molecule has 18 nitrogen and oxygen atoms in total. The van der Waals surface area contributed by atoms with Gasteiger partial charge in [0, 0.05) is 22.6 Å². The van der Waals surface area contributed by atoms with Crippen LogP contribution in [0.2, 0.25) is 0 Å². The lowest BCUT2D eigenvalue weighted by Gasteiger charge is -2.49. The van der Waals surface area contributed by atoms with Gasteiger partial charge in [-0.25, -0.2) is 34.4 Å². The van der Waals surface area contributed by atoms with Gasteiger partial charge in [-0.3, -0.25) is 14.5 Å². The van der Waals surface area contributed by atoms with Crippen LogP contribution in [0.15, 0.2) is 49.9 Å². The van der Waals surface area contributed by atoms with E-state index in [2.05, 4.69) is 26.0 Å². The number of amides is 4. The molecule has 0 aromatic carbocycles. The van der Waals surface area contributed by atoms with E-state index in [1.807, 2.05) is 0 Å². The molecule has 4 aliphatic rings. The molecule has 0 spiro atoms. The van der Waals surface area contributed by atoms with Crippen molar-refractivity contribution in [3.05, 3.63) is 45.5 Å². The number of aliphatic imine (C=N–C) groups is 1. The Kier molecular flexibility index (Phi) is 9.74. The Balaban J connectivity index is 1.30. The Morgan fingerprint density at radius 2 is 1.96 bits per heavy atom. The smallest absolute Gasteiger partial charge is 0.353 e. The highest BCUT2D eigenvalue weighted by molar-refractivity contribution is 8.03. The summed E-state index contributed by atoms with van der Waals surface area (Å²) in [6.07, 6.45) is 3.19. The second kappa shape index (κ2) is 13.4. The second-order valence-corrected chi connectivity index (χ2v) is 15.4. The van der Waals surface area contributed by atoms with E-state index < -0.39 is 52.4 Å². The number of hydrazine groups is 2. The van der Waals surface area contributed by atoms with Gasteiger partial charge in [-0.2, -0.15) is 0 Å². The van der Waals surface area contributed by atoms with Crippen LogP contribution in [0.4, 0.5) is 9.93 Å². The van der Waals surface area contributed by atoms with Gasteiger partial charge in [0.05, 0.1) is 11.2 Å². The minimum Gasteiger partial charge on any atom is -0.477 e. The van der Waals surface area contributed by atoms with Crippen molar-refractivity contribution in [3.8, 4) is 0 Å². The maximum absolute atomic E-state index is 13.5. The fourth-order valence-corrected chi connectivity index (χ4v) is 7.74. The van der Waals surface area contributed by atoms with Gasteiger partial charge in [-0.15, -0.1) is 40.4 Å². The van der Waals surface area contributed by atoms with Gasteiger partial charge in [-0.1, -0.05) is 5.16 Å². The maximum Gasteiger partial charge on any atom is 0.353 e. The third-order valence-electron chi connectivity index (χ3n) is 6.93. The Hall–Kier alpha value is -4.60. The molecule has 4 aliphatic heterocycles. The van der Waals surface area contributed by atoms with E-state index in [0.717, 1.165) is 21.2 Å². The molecule has 0 bridgehead atoms. The number of carbonyl (C=O) groups excluding carboxylic acids is 4. The summed E-state index contributed by atoms with van der Waals surface area (Å²) in [6.45, 7) is 9.69. The number of nitrogens with two attached hydrogens (primary N) is 2. The Morgan fingerprint density at radius 3 is 2.57 bits per heavy atom. The van der Waals surface area contributed by atoms with Crippen LogP contribution < -0.4 is 22.3 Å². The monoisotopic (exact) mass is 734 g/mol. The minimum atomic E-state index is -1.60. The first-order valence-electron chi connectivity index (χ1n) is 14.5. The molecule has 5 heterocycles. The molecule has 0 aliphatic carbocycles. The van der Waals surface area contributed by atoms with Crippen molar-refractivity contribution in [2.45, 2.75) is 64.2 Å². The van der Waals surface area contributed by atoms with E-state index in [-0.39, 0.29) is 33.7 Å². The number of anilines is 1. The number of carboxylic acids is 1. The maximum atomic E-state index is 13.5. The highest BCUT2D eigenvalue weighted by atomic mass is 32.2. The molecule has 21 heteroatoms. The summed E-state index contributed by atoms with van der Waals surface area (Å²) in [5, 5.41) is 20.8. The molecule has 7 N–H and O–H groups in total. The van der Waals surface area contributed by atoms with Gasteiger partial charge >= 0.3 is 18.0 Å². The number of allylic oxidation sites excluding steroid dienone is 1. The lowest BCUT2D eigenvalue weighted by Crippen LogP contribution is -2.71. The molecule has 0 saturated carbocycles. The average Bonchev–Trinajstić information content (AvgIpc) is 3.63. The van der Waals surface area contributed by atoms with Gasteiger partial charge in [-0.05, 0) is 53.2 Å². The van der Waals surface area contributed by atoms with E-state index in [9.17, 15) is 29.1 Å². The Bertz CT molecular complexity index is 1780. The number of hydrogen-bond donors (Lipinski definition) is 5. The van der Waals surface area contributed by atoms with Gasteiger partial charge in [0.25, 0.3) is 11.8 Å². The molecule has 2 atom stereocenters. The van der Waals surface area contributed by atoms with Crippen LogP contribution in [0.1, 0.15) is 47.2 Å². The van der Waals surface area contributed by atoms with Crippen LogP contribution in [0.3, 0.4) is 0 Å². The summed E-state index contributed by atoms with van der Waals surface area (Å²) >= 11 is 3.60. The van der Waals surface area contributed by atoms with Crippen LogP contribution in [0, 0.1) is 0 Å². The molecule has 1 aromatic rings. The van der Waals surface area contributed by atoms with Gasteiger partial charge in [0.1, 0.15) is 28.4 Å². The van der Waals surface area contributed by atoms with E-state index in [1.165, 1.54) is 54.0 Å². The van der Waals surface area contributed by atoms with Crippen molar-refractivity contribution in [2.75, 3.05) is 17.2 Å². The third-order valence-corrected chi connectivity index (χ3v) is 10.0. The second-order valence-electron chi connectivity index (χ2n) is 12.4. The van der Waals surface area contributed by atoms with Crippen LogP contribution in [0.5, 0.6) is 0 Å². The highest BCUT2D eigenvalue weighted by Crippen LogP contribution is 2.42. The van der Waals surface area contributed by atoms with E-state index in [0.29, 0.717) is 22.1 Å². The normalized spacial score (nSPS) is 20.9. The molecule has 49 heavy (non-hydrogen) atoms. The zero-order chi connectivity index (χ0) is 36.0. The third kappa shape index (κ3) is 7.53. The molecule has 1 fully saturated rings. The van der Waals surface area contributed by atoms with Crippen molar-refractivity contribution in [1.82, 2.24) is 30.8 Å². The summed E-state index contributed by atoms with van der Waals surface area (Å²) in [6, 6.07) is -1.84. The quantitative estimate of drug-likeness (QED) is 0.0984. The van der Waals surface area contributed by atoms with Gasteiger partial charge < -0.3 is 31.5 Å². The number of nitrogens with zero attached hydrogens (tertiary/aromatic N) is 6. The van der Waals surface area contributed by atoms with E-state index in [4.69, 9.17) is 21.0 Å². The number of fused-ring (bicyclic) bond motifs is 2. The molecule has 1 aromatic heterocycles.